The topological polar surface area (TPSA) is 69.6 Å². The molecule has 2 N–H and O–H groups in total. The van der Waals surface area contributed by atoms with E-state index in [-0.39, 0.29) is 12.6 Å². The van der Waals surface area contributed by atoms with E-state index in [9.17, 15) is 9.59 Å². The highest BCUT2D eigenvalue weighted by Crippen LogP contribution is 2.44. The fourth-order valence-corrected chi connectivity index (χ4v) is 3.43. The molecule has 114 valence electrons. The fourth-order valence-electron chi connectivity index (χ4n) is 3.43. The highest BCUT2D eigenvalue weighted by atomic mass is 16.4. The standard InChI is InChI=1S/C15H26N2O3/c1-12(13(18)19)11-16-14(20)17-9-7-15(8-10-17)5-3-2-4-6-15/h12H,2-11H2,1H3,(H,16,20)(H,18,19). The lowest BCUT2D eigenvalue weighted by Gasteiger charge is -2.44. The number of carbonyl (C=O) groups excluding carboxylic acids is 1. The second-order valence-corrected chi connectivity index (χ2v) is 6.47. The molecule has 1 saturated heterocycles. The SMILES string of the molecule is CC(CNC(=O)N1CCC2(CCCCC2)CC1)C(=O)O. The lowest BCUT2D eigenvalue weighted by Crippen LogP contribution is -2.48. The summed E-state index contributed by atoms with van der Waals surface area (Å²) < 4.78 is 0. The number of carboxylic acid groups (broad SMARTS) is 1. The molecule has 0 aromatic heterocycles. The van der Waals surface area contributed by atoms with E-state index in [0.717, 1.165) is 25.9 Å². The number of hydrogen-bond acceptors (Lipinski definition) is 2. The summed E-state index contributed by atoms with van der Waals surface area (Å²) in [4.78, 5) is 24.6. The van der Waals surface area contributed by atoms with E-state index in [0.29, 0.717) is 5.41 Å². The minimum Gasteiger partial charge on any atom is -0.481 e. The number of aliphatic carboxylic acids is 1. The van der Waals surface area contributed by atoms with Crippen LogP contribution < -0.4 is 5.32 Å². The first-order valence-corrected chi connectivity index (χ1v) is 7.78. The summed E-state index contributed by atoms with van der Waals surface area (Å²) in [5.74, 6) is -1.40. The van der Waals surface area contributed by atoms with Crippen molar-refractivity contribution >= 4 is 12.0 Å². The van der Waals surface area contributed by atoms with Crippen LogP contribution in [0.1, 0.15) is 51.9 Å². The van der Waals surface area contributed by atoms with E-state index in [2.05, 4.69) is 5.32 Å². The average molecular weight is 282 g/mol. The second kappa shape index (κ2) is 6.46. The van der Waals surface area contributed by atoms with Gasteiger partial charge in [-0.2, -0.15) is 0 Å². The molecule has 1 saturated carbocycles. The van der Waals surface area contributed by atoms with Crippen LogP contribution in [0.2, 0.25) is 0 Å². The van der Waals surface area contributed by atoms with Gasteiger partial charge in [0.25, 0.3) is 0 Å². The quantitative estimate of drug-likeness (QED) is 0.835. The molecule has 1 aliphatic carbocycles. The first kappa shape index (κ1) is 15.1. The molecule has 1 spiro atoms. The number of carboxylic acids is 1. The Labute approximate surface area is 120 Å². The predicted molar refractivity (Wildman–Crippen MR) is 76.5 cm³/mol. The number of piperidine rings is 1. The first-order valence-electron chi connectivity index (χ1n) is 7.78. The molecule has 2 rings (SSSR count). The van der Waals surface area contributed by atoms with Crippen molar-refractivity contribution in [1.82, 2.24) is 10.2 Å². The molecule has 2 fully saturated rings. The third-order valence-corrected chi connectivity index (χ3v) is 5.01. The van der Waals surface area contributed by atoms with Gasteiger partial charge in [0.2, 0.25) is 0 Å². The van der Waals surface area contributed by atoms with Crippen LogP contribution in [-0.4, -0.2) is 41.6 Å². The zero-order valence-corrected chi connectivity index (χ0v) is 12.4. The smallest absolute Gasteiger partial charge is 0.317 e. The van der Waals surface area contributed by atoms with E-state index in [4.69, 9.17) is 5.11 Å². The fraction of sp³-hybridized carbons (Fsp3) is 0.867. The Morgan fingerprint density at radius 2 is 1.75 bits per heavy atom. The van der Waals surface area contributed by atoms with Crippen LogP contribution in [0.4, 0.5) is 4.79 Å². The van der Waals surface area contributed by atoms with Gasteiger partial charge in [0.15, 0.2) is 0 Å². The molecule has 2 aliphatic rings. The van der Waals surface area contributed by atoms with Gasteiger partial charge in [-0.25, -0.2) is 4.79 Å². The molecule has 0 aromatic carbocycles. The molecule has 1 heterocycles. The summed E-state index contributed by atoms with van der Waals surface area (Å²) in [7, 11) is 0. The van der Waals surface area contributed by atoms with Crippen LogP contribution >= 0.6 is 0 Å². The Morgan fingerprint density at radius 3 is 2.30 bits per heavy atom. The molecule has 1 atom stereocenters. The van der Waals surface area contributed by atoms with Gasteiger partial charge in [-0.1, -0.05) is 26.2 Å². The van der Waals surface area contributed by atoms with Crippen LogP contribution in [0.3, 0.4) is 0 Å². The van der Waals surface area contributed by atoms with Crippen molar-refractivity contribution in [3.63, 3.8) is 0 Å². The molecule has 5 heteroatoms. The molecule has 20 heavy (non-hydrogen) atoms. The van der Waals surface area contributed by atoms with E-state index in [1.54, 1.807) is 6.92 Å². The first-order chi connectivity index (χ1) is 9.52. The van der Waals surface area contributed by atoms with Crippen molar-refractivity contribution < 1.29 is 14.7 Å². The molecule has 5 nitrogen and oxygen atoms in total. The number of hydrogen-bond donors (Lipinski definition) is 2. The van der Waals surface area contributed by atoms with E-state index in [1.807, 2.05) is 4.90 Å². The van der Waals surface area contributed by atoms with Crippen molar-refractivity contribution in [2.24, 2.45) is 11.3 Å². The monoisotopic (exact) mass is 282 g/mol. The van der Waals surface area contributed by atoms with Crippen molar-refractivity contribution in [1.29, 1.82) is 0 Å². The van der Waals surface area contributed by atoms with E-state index in [1.165, 1.54) is 32.1 Å². The summed E-state index contributed by atoms with van der Waals surface area (Å²) >= 11 is 0. The van der Waals surface area contributed by atoms with Gasteiger partial charge >= 0.3 is 12.0 Å². The van der Waals surface area contributed by atoms with Gasteiger partial charge in [0.05, 0.1) is 5.92 Å². The number of carbonyl (C=O) groups is 2. The normalized spacial score (nSPS) is 23.4. The lowest BCUT2D eigenvalue weighted by molar-refractivity contribution is -0.140. The minimum absolute atomic E-state index is 0.108. The number of nitrogens with one attached hydrogen (secondary N) is 1. The van der Waals surface area contributed by atoms with Crippen LogP contribution in [0.15, 0.2) is 0 Å². The minimum atomic E-state index is -0.870. The zero-order chi connectivity index (χ0) is 14.6. The summed E-state index contributed by atoms with van der Waals surface area (Å²) in [6.45, 7) is 3.44. The van der Waals surface area contributed by atoms with Crippen molar-refractivity contribution in [3.8, 4) is 0 Å². The number of likely N-dealkylation sites (tertiary alicyclic amines) is 1. The highest BCUT2D eigenvalue weighted by molar-refractivity contribution is 5.76. The maximum Gasteiger partial charge on any atom is 0.317 e. The Kier molecular flexibility index (Phi) is 4.89. The van der Waals surface area contributed by atoms with Gasteiger partial charge < -0.3 is 15.3 Å². The number of urea groups is 1. The van der Waals surface area contributed by atoms with E-state index < -0.39 is 11.9 Å². The summed E-state index contributed by atoms with van der Waals surface area (Å²) in [6, 6.07) is -0.108. The van der Waals surface area contributed by atoms with Crippen LogP contribution in [-0.2, 0) is 4.79 Å². The van der Waals surface area contributed by atoms with Gasteiger partial charge in [0.1, 0.15) is 0 Å². The predicted octanol–water partition coefficient (Wildman–Crippen LogP) is 2.46. The molecule has 0 radical (unpaired) electrons. The number of rotatable bonds is 3. The molecule has 1 aliphatic heterocycles. The maximum absolute atomic E-state index is 12.0. The van der Waals surface area contributed by atoms with Crippen LogP contribution in [0.25, 0.3) is 0 Å². The van der Waals surface area contributed by atoms with Crippen molar-refractivity contribution in [2.45, 2.75) is 51.9 Å². The van der Waals surface area contributed by atoms with E-state index >= 15 is 0 Å². The summed E-state index contributed by atoms with van der Waals surface area (Å²) in [5, 5.41) is 11.5. The molecular formula is C15H26N2O3. The maximum atomic E-state index is 12.0. The second-order valence-electron chi connectivity index (χ2n) is 6.47. The van der Waals surface area contributed by atoms with Gasteiger partial charge in [-0.15, -0.1) is 0 Å². The Hall–Kier alpha value is -1.26. The molecule has 0 aromatic rings. The van der Waals surface area contributed by atoms with Gasteiger partial charge in [-0.05, 0) is 31.1 Å². The lowest BCUT2D eigenvalue weighted by atomic mass is 9.68. The Morgan fingerprint density at radius 1 is 1.15 bits per heavy atom. The highest BCUT2D eigenvalue weighted by Gasteiger charge is 2.36. The molecule has 2 amide bonds. The van der Waals surface area contributed by atoms with Crippen molar-refractivity contribution in [2.75, 3.05) is 19.6 Å². The zero-order valence-electron chi connectivity index (χ0n) is 12.4. The third kappa shape index (κ3) is 3.64. The number of nitrogens with zero attached hydrogens (tertiary/aromatic N) is 1. The molecule has 0 bridgehead atoms. The van der Waals surface area contributed by atoms with Gasteiger partial charge in [-0.3, -0.25) is 4.79 Å². The largest absolute Gasteiger partial charge is 0.481 e. The third-order valence-electron chi connectivity index (χ3n) is 5.01. The van der Waals surface area contributed by atoms with Crippen molar-refractivity contribution in [3.05, 3.63) is 0 Å². The van der Waals surface area contributed by atoms with Gasteiger partial charge in [0, 0.05) is 19.6 Å². The number of amides is 2. The Balaban J connectivity index is 1.75. The Bertz CT molecular complexity index is 354. The molecular weight excluding hydrogens is 256 g/mol. The van der Waals surface area contributed by atoms with Crippen LogP contribution in [0, 0.1) is 11.3 Å². The summed E-state index contributed by atoms with van der Waals surface area (Å²) in [5.41, 5.74) is 0.489. The van der Waals surface area contributed by atoms with Crippen LogP contribution in [0.5, 0.6) is 0 Å². The summed E-state index contributed by atoms with van der Waals surface area (Å²) in [6.07, 6.45) is 8.88. The molecule has 1 unspecified atom stereocenters. The average Bonchev–Trinajstić information content (AvgIpc) is 2.46.